The zero-order chi connectivity index (χ0) is 20.4. The van der Waals surface area contributed by atoms with E-state index < -0.39 is 6.10 Å². The Kier molecular flexibility index (Phi) is 5.67. The van der Waals surface area contributed by atoms with Gasteiger partial charge in [-0.05, 0) is 48.4 Å². The fourth-order valence-electron chi connectivity index (χ4n) is 3.04. The summed E-state index contributed by atoms with van der Waals surface area (Å²) in [6.45, 7) is 1.90. The van der Waals surface area contributed by atoms with E-state index in [-0.39, 0.29) is 5.56 Å². The highest BCUT2D eigenvalue weighted by atomic mass is 35.5. The van der Waals surface area contributed by atoms with Gasteiger partial charge in [0.25, 0.3) is 5.56 Å². The molecule has 0 saturated carbocycles. The summed E-state index contributed by atoms with van der Waals surface area (Å²) in [5.74, 6) is 0.873. The average Bonchev–Trinajstić information content (AvgIpc) is 2.73. The SMILES string of the molecule is Cc1cccnc1-n1c(SCC(O)c2ccc(Cl)cc2)nc2ccccc2c1=O. The molecule has 2 aromatic heterocycles. The summed E-state index contributed by atoms with van der Waals surface area (Å²) in [5.41, 5.74) is 2.06. The monoisotopic (exact) mass is 423 g/mol. The van der Waals surface area contributed by atoms with Gasteiger partial charge >= 0.3 is 0 Å². The van der Waals surface area contributed by atoms with E-state index in [2.05, 4.69) is 9.97 Å². The molecular formula is C22H18ClN3O2S. The first kappa shape index (κ1) is 19.6. The Balaban J connectivity index is 1.76. The molecule has 0 spiro atoms. The highest BCUT2D eigenvalue weighted by molar-refractivity contribution is 7.99. The van der Waals surface area contributed by atoms with Gasteiger partial charge in [0.1, 0.15) is 5.82 Å². The minimum Gasteiger partial charge on any atom is -0.388 e. The second-order valence-electron chi connectivity index (χ2n) is 6.57. The molecule has 146 valence electrons. The lowest BCUT2D eigenvalue weighted by Gasteiger charge is -2.16. The lowest BCUT2D eigenvalue weighted by molar-refractivity contribution is 0.204. The smallest absolute Gasteiger partial charge is 0.267 e. The van der Waals surface area contributed by atoms with E-state index >= 15 is 0 Å². The molecule has 0 fully saturated rings. The topological polar surface area (TPSA) is 68.0 Å². The molecule has 0 aliphatic rings. The van der Waals surface area contributed by atoms with Gasteiger partial charge in [0.2, 0.25) is 0 Å². The van der Waals surface area contributed by atoms with Gasteiger partial charge in [-0.15, -0.1) is 0 Å². The predicted octanol–water partition coefficient (Wildman–Crippen LogP) is 4.57. The van der Waals surface area contributed by atoms with Gasteiger partial charge in [-0.2, -0.15) is 0 Å². The quantitative estimate of drug-likeness (QED) is 0.376. The van der Waals surface area contributed by atoms with Crippen LogP contribution in [0.5, 0.6) is 0 Å². The average molecular weight is 424 g/mol. The first-order valence-electron chi connectivity index (χ1n) is 9.04. The van der Waals surface area contributed by atoms with Crippen molar-refractivity contribution in [3.8, 4) is 5.82 Å². The number of hydrogen-bond donors (Lipinski definition) is 1. The van der Waals surface area contributed by atoms with Crippen LogP contribution in [-0.2, 0) is 0 Å². The number of aliphatic hydroxyl groups is 1. The maximum Gasteiger partial charge on any atom is 0.267 e. The largest absolute Gasteiger partial charge is 0.388 e. The van der Waals surface area contributed by atoms with Gasteiger partial charge in [-0.25, -0.2) is 14.5 Å². The number of rotatable bonds is 5. The fourth-order valence-corrected chi connectivity index (χ4v) is 4.13. The lowest BCUT2D eigenvalue weighted by atomic mass is 10.1. The van der Waals surface area contributed by atoms with E-state index in [1.54, 1.807) is 36.5 Å². The second-order valence-corrected chi connectivity index (χ2v) is 8.00. The minimum atomic E-state index is -0.723. The molecule has 1 N–H and O–H groups in total. The molecule has 0 aliphatic heterocycles. The molecule has 4 rings (SSSR count). The Labute approximate surface area is 177 Å². The van der Waals surface area contributed by atoms with E-state index in [9.17, 15) is 9.90 Å². The molecule has 1 atom stereocenters. The summed E-state index contributed by atoms with van der Waals surface area (Å²) in [6.07, 6.45) is 0.931. The number of aryl methyl sites for hydroxylation is 1. The van der Waals surface area contributed by atoms with Gasteiger partial charge < -0.3 is 5.11 Å². The maximum absolute atomic E-state index is 13.2. The van der Waals surface area contributed by atoms with Crippen LogP contribution in [0.25, 0.3) is 16.7 Å². The summed E-state index contributed by atoms with van der Waals surface area (Å²) in [7, 11) is 0. The second kappa shape index (κ2) is 8.37. The summed E-state index contributed by atoms with van der Waals surface area (Å²) in [4.78, 5) is 22.3. The molecule has 0 aliphatic carbocycles. The molecule has 29 heavy (non-hydrogen) atoms. The normalized spacial score (nSPS) is 12.2. The van der Waals surface area contributed by atoms with Crippen LogP contribution in [0.3, 0.4) is 0 Å². The molecule has 0 amide bonds. The van der Waals surface area contributed by atoms with Crippen LogP contribution in [0.1, 0.15) is 17.2 Å². The minimum absolute atomic E-state index is 0.180. The van der Waals surface area contributed by atoms with Crippen molar-refractivity contribution in [3.05, 3.63) is 93.4 Å². The number of pyridine rings is 1. The Morgan fingerprint density at radius 1 is 1.10 bits per heavy atom. The molecule has 0 saturated heterocycles. The van der Waals surface area contributed by atoms with Gasteiger partial charge in [-0.1, -0.05) is 53.7 Å². The molecule has 4 aromatic rings. The number of benzene rings is 2. The van der Waals surface area contributed by atoms with Gasteiger partial charge in [-0.3, -0.25) is 4.79 Å². The fraction of sp³-hybridized carbons (Fsp3) is 0.136. The molecular weight excluding hydrogens is 406 g/mol. The highest BCUT2D eigenvalue weighted by Crippen LogP contribution is 2.27. The first-order valence-corrected chi connectivity index (χ1v) is 10.4. The Morgan fingerprint density at radius 3 is 2.62 bits per heavy atom. The van der Waals surface area contributed by atoms with Crippen molar-refractivity contribution in [1.29, 1.82) is 0 Å². The van der Waals surface area contributed by atoms with Crippen molar-refractivity contribution in [2.75, 3.05) is 5.75 Å². The molecule has 7 heteroatoms. The molecule has 5 nitrogen and oxygen atoms in total. The maximum atomic E-state index is 13.2. The third-order valence-electron chi connectivity index (χ3n) is 4.56. The van der Waals surface area contributed by atoms with Gasteiger partial charge in [0.05, 0.1) is 17.0 Å². The van der Waals surface area contributed by atoms with Crippen LogP contribution in [-0.4, -0.2) is 25.4 Å². The number of aromatic nitrogens is 3. The standard InChI is InChI=1S/C22H18ClN3O2S/c1-14-5-4-12-24-20(14)26-21(28)17-6-2-3-7-18(17)25-22(26)29-13-19(27)15-8-10-16(23)11-9-15/h2-12,19,27H,13H2,1H3. The van der Waals surface area contributed by atoms with Crippen molar-refractivity contribution in [1.82, 2.24) is 14.5 Å². The zero-order valence-electron chi connectivity index (χ0n) is 15.6. The highest BCUT2D eigenvalue weighted by Gasteiger charge is 2.17. The zero-order valence-corrected chi connectivity index (χ0v) is 17.2. The van der Waals surface area contributed by atoms with E-state index in [0.29, 0.717) is 32.7 Å². The van der Waals surface area contributed by atoms with Crippen LogP contribution in [0, 0.1) is 6.92 Å². The third-order valence-corrected chi connectivity index (χ3v) is 5.83. The van der Waals surface area contributed by atoms with Crippen molar-refractivity contribution < 1.29 is 5.11 Å². The number of hydrogen-bond acceptors (Lipinski definition) is 5. The van der Waals surface area contributed by atoms with Crippen LogP contribution in [0.2, 0.25) is 5.02 Å². The third kappa shape index (κ3) is 4.05. The summed E-state index contributed by atoms with van der Waals surface area (Å²) in [5, 5.41) is 12.2. The number of thioether (sulfide) groups is 1. The van der Waals surface area contributed by atoms with Crippen LogP contribution in [0.4, 0.5) is 0 Å². The summed E-state index contributed by atoms with van der Waals surface area (Å²) < 4.78 is 1.52. The molecule has 2 aromatic carbocycles. The molecule has 1 unspecified atom stereocenters. The van der Waals surface area contributed by atoms with Crippen LogP contribution in [0.15, 0.2) is 76.8 Å². The molecule has 0 radical (unpaired) electrons. The van der Waals surface area contributed by atoms with E-state index in [0.717, 1.165) is 11.1 Å². The molecule has 2 heterocycles. The molecule has 0 bridgehead atoms. The van der Waals surface area contributed by atoms with E-state index in [1.165, 1.54) is 16.3 Å². The number of halogens is 1. The first-order chi connectivity index (χ1) is 14.0. The summed E-state index contributed by atoms with van der Waals surface area (Å²) >= 11 is 7.24. The van der Waals surface area contributed by atoms with Crippen molar-refractivity contribution in [2.45, 2.75) is 18.2 Å². The Morgan fingerprint density at radius 2 is 1.86 bits per heavy atom. The number of nitrogens with zero attached hydrogens (tertiary/aromatic N) is 3. The number of fused-ring (bicyclic) bond motifs is 1. The van der Waals surface area contributed by atoms with Crippen molar-refractivity contribution >= 4 is 34.3 Å². The Hall–Kier alpha value is -2.67. The van der Waals surface area contributed by atoms with Crippen molar-refractivity contribution in [2.24, 2.45) is 0 Å². The summed E-state index contributed by atoms with van der Waals surface area (Å²) in [6, 6.07) is 18.0. The van der Waals surface area contributed by atoms with Gasteiger partial charge in [0, 0.05) is 17.0 Å². The van der Waals surface area contributed by atoms with Crippen LogP contribution >= 0.6 is 23.4 Å². The predicted molar refractivity (Wildman–Crippen MR) is 117 cm³/mol. The number of para-hydroxylation sites is 1. The number of aliphatic hydroxyl groups excluding tert-OH is 1. The van der Waals surface area contributed by atoms with E-state index in [1.807, 2.05) is 37.3 Å². The van der Waals surface area contributed by atoms with Crippen molar-refractivity contribution in [3.63, 3.8) is 0 Å². The van der Waals surface area contributed by atoms with Crippen LogP contribution < -0.4 is 5.56 Å². The Bertz CT molecular complexity index is 1220. The van der Waals surface area contributed by atoms with Gasteiger partial charge in [0.15, 0.2) is 5.16 Å². The van der Waals surface area contributed by atoms with E-state index in [4.69, 9.17) is 11.6 Å². The lowest BCUT2D eigenvalue weighted by Crippen LogP contribution is -2.23.